The summed E-state index contributed by atoms with van der Waals surface area (Å²) in [4.78, 5) is 13.9. The summed E-state index contributed by atoms with van der Waals surface area (Å²) in [7, 11) is 0. The van der Waals surface area contributed by atoms with Crippen molar-refractivity contribution in [3.63, 3.8) is 0 Å². The van der Waals surface area contributed by atoms with Gasteiger partial charge in [0.15, 0.2) is 0 Å². The summed E-state index contributed by atoms with van der Waals surface area (Å²) in [6.07, 6.45) is 6.77. The molecule has 1 N–H and O–H groups in total. The average molecular weight is 254 g/mol. The van der Waals surface area contributed by atoms with Crippen molar-refractivity contribution in [2.24, 2.45) is 5.92 Å². The molecule has 1 heterocycles. The van der Waals surface area contributed by atoms with Gasteiger partial charge in [0.25, 0.3) is 0 Å². The first-order valence-electron chi connectivity index (χ1n) is 7.32. The molecule has 1 saturated carbocycles. The molecular formula is C14H26N2O2. The Labute approximate surface area is 110 Å². The molecule has 0 aromatic heterocycles. The van der Waals surface area contributed by atoms with E-state index in [2.05, 4.69) is 19.2 Å². The van der Waals surface area contributed by atoms with E-state index in [4.69, 9.17) is 4.74 Å². The summed E-state index contributed by atoms with van der Waals surface area (Å²) in [6.45, 7) is 6.25. The minimum atomic E-state index is -0.000296. The fourth-order valence-corrected chi connectivity index (χ4v) is 2.84. The summed E-state index contributed by atoms with van der Waals surface area (Å²) >= 11 is 0. The molecule has 0 aromatic rings. The molecule has 4 nitrogen and oxygen atoms in total. The molecule has 4 heteroatoms. The van der Waals surface area contributed by atoms with Crippen LogP contribution in [0.5, 0.6) is 0 Å². The molecule has 1 amide bonds. The summed E-state index contributed by atoms with van der Waals surface area (Å²) in [5.41, 5.74) is 0. The van der Waals surface area contributed by atoms with Gasteiger partial charge in [0.1, 0.15) is 0 Å². The first-order chi connectivity index (χ1) is 8.68. The molecule has 1 aliphatic carbocycles. The molecular weight excluding hydrogens is 228 g/mol. The SMILES string of the molecule is CC(C)C1NCN(CCOC2CCCCC2)C1=O. The number of amides is 1. The zero-order valence-electron chi connectivity index (χ0n) is 11.7. The molecule has 1 unspecified atom stereocenters. The van der Waals surface area contributed by atoms with Gasteiger partial charge in [-0.05, 0) is 18.8 Å². The van der Waals surface area contributed by atoms with Crippen LogP contribution < -0.4 is 5.32 Å². The van der Waals surface area contributed by atoms with E-state index in [-0.39, 0.29) is 11.9 Å². The molecule has 2 fully saturated rings. The minimum absolute atomic E-state index is 0.000296. The van der Waals surface area contributed by atoms with Crippen LogP contribution in [-0.4, -0.2) is 42.8 Å². The van der Waals surface area contributed by atoms with Crippen molar-refractivity contribution in [2.45, 2.75) is 58.1 Å². The highest BCUT2D eigenvalue weighted by Crippen LogP contribution is 2.20. The van der Waals surface area contributed by atoms with E-state index in [0.717, 1.165) is 6.54 Å². The van der Waals surface area contributed by atoms with Crippen LogP contribution in [-0.2, 0) is 9.53 Å². The molecule has 0 aromatic carbocycles. The Morgan fingerprint density at radius 2 is 2.06 bits per heavy atom. The van der Waals surface area contributed by atoms with Gasteiger partial charge in [-0.2, -0.15) is 0 Å². The van der Waals surface area contributed by atoms with Gasteiger partial charge in [-0.15, -0.1) is 0 Å². The third-order valence-corrected chi connectivity index (χ3v) is 4.01. The van der Waals surface area contributed by atoms with Gasteiger partial charge < -0.3 is 9.64 Å². The van der Waals surface area contributed by atoms with E-state index in [0.29, 0.717) is 25.3 Å². The topological polar surface area (TPSA) is 41.6 Å². The average Bonchev–Trinajstić information content (AvgIpc) is 2.73. The molecule has 2 rings (SSSR count). The van der Waals surface area contributed by atoms with Crippen LogP contribution in [0.25, 0.3) is 0 Å². The van der Waals surface area contributed by atoms with Crippen molar-refractivity contribution in [3.05, 3.63) is 0 Å². The van der Waals surface area contributed by atoms with Crippen LogP contribution in [0.2, 0.25) is 0 Å². The van der Waals surface area contributed by atoms with Crippen molar-refractivity contribution in [2.75, 3.05) is 19.8 Å². The second-order valence-electron chi connectivity index (χ2n) is 5.82. The summed E-state index contributed by atoms with van der Waals surface area (Å²) in [5.74, 6) is 0.596. The lowest BCUT2D eigenvalue weighted by molar-refractivity contribution is -0.130. The molecule has 18 heavy (non-hydrogen) atoms. The van der Waals surface area contributed by atoms with Crippen LogP contribution in [0, 0.1) is 5.92 Å². The standard InChI is InChI=1S/C14H26N2O2/c1-11(2)13-14(17)16(10-15-13)8-9-18-12-6-4-3-5-7-12/h11-13,15H,3-10H2,1-2H3. The van der Waals surface area contributed by atoms with Gasteiger partial charge in [-0.3, -0.25) is 10.1 Å². The number of nitrogens with zero attached hydrogens (tertiary/aromatic N) is 1. The predicted molar refractivity (Wildman–Crippen MR) is 71.2 cm³/mol. The van der Waals surface area contributed by atoms with Crippen molar-refractivity contribution in [3.8, 4) is 0 Å². The fourth-order valence-electron chi connectivity index (χ4n) is 2.84. The summed E-state index contributed by atoms with van der Waals surface area (Å²) < 4.78 is 5.87. The Hall–Kier alpha value is -0.610. The number of carbonyl (C=O) groups excluding carboxylic acids is 1. The van der Waals surface area contributed by atoms with Gasteiger partial charge in [0.2, 0.25) is 5.91 Å². The minimum Gasteiger partial charge on any atom is -0.376 e. The van der Waals surface area contributed by atoms with E-state index >= 15 is 0 Å². The smallest absolute Gasteiger partial charge is 0.241 e. The van der Waals surface area contributed by atoms with E-state index < -0.39 is 0 Å². The lowest BCUT2D eigenvalue weighted by Crippen LogP contribution is -2.36. The van der Waals surface area contributed by atoms with Crippen LogP contribution in [0.15, 0.2) is 0 Å². The van der Waals surface area contributed by atoms with Gasteiger partial charge >= 0.3 is 0 Å². The van der Waals surface area contributed by atoms with E-state index in [1.807, 2.05) is 4.90 Å². The van der Waals surface area contributed by atoms with Crippen molar-refractivity contribution in [1.82, 2.24) is 10.2 Å². The fraction of sp³-hybridized carbons (Fsp3) is 0.929. The number of rotatable bonds is 5. The lowest BCUT2D eigenvalue weighted by atomic mass is 9.98. The Kier molecular flexibility index (Phi) is 5.01. The first kappa shape index (κ1) is 13.8. The second-order valence-corrected chi connectivity index (χ2v) is 5.82. The van der Waals surface area contributed by atoms with Crippen molar-refractivity contribution < 1.29 is 9.53 Å². The number of ether oxygens (including phenoxy) is 1. The zero-order chi connectivity index (χ0) is 13.0. The molecule has 1 aliphatic heterocycles. The molecule has 0 spiro atoms. The van der Waals surface area contributed by atoms with Crippen LogP contribution in [0.3, 0.4) is 0 Å². The highest BCUT2D eigenvalue weighted by atomic mass is 16.5. The summed E-state index contributed by atoms with van der Waals surface area (Å²) in [5, 5.41) is 3.27. The zero-order valence-corrected chi connectivity index (χ0v) is 11.7. The number of hydrogen-bond acceptors (Lipinski definition) is 3. The molecule has 0 bridgehead atoms. The number of hydrogen-bond donors (Lipinski definition) is 1. The van der Waals surface area contributed by atoms with Crippen molar-refractivity contribution in [1.29, 1.82) is 0 Å². The molecule has 104 valence electrons. The van der Waals surface area contributed by atoms with E-state index in [9.17, 15) is 4.79 Å². The highest BCUT2D eigenvalue weighted by Gasteiger charge is 2.32. The second kappa shape index (κ2) is 6.53. The maximum Gasteiger partial charge on any atom is 0.241 e. The Morgan fingerprint density at radius 3 is 2.67 bits per heavy atom. The predicted octanol–water partition coefficient (Wildman–Crippen LogP) is 1.75. The van der Waals surface area contributed by atoms with Crippen LogP contribution in [0.1, 0.15) is 46.0 Å². The maximum absolute atomic E-state index is 12.0. The van der Waals surface area contributed by atoms with E-state index in [1.54, 1.807) is 0 Å². The van der Waals surface area contributed by atoms with Crippen LogP contribution in [0.4, 0.5) is 0 Å². The van der Waals surface area contributed by atoms with Gasteiger partial charge in [-0.1, -0.05) is 33.1 Å². The summed E-state index contributed by atoms with van der Waals surface area (Å²) in [6, 6.07) is -0.000296. The molecule has 2 aliphatic rings. The highest BCUT2D eigenvalue weighted by molar-refractivity contribution is 5.83. The number of carbonyl (C=O) groups is 1. The first-order valence-corrected chi connectivity index (χ1v) is 7.32. The Morgan fingerprint density at radius 1 is 1.33 bits per heavy atom. The molecule has 1 saturated heterocycles. The van der Waals surface area contributed by atoms with E-state index in [1.165, 1.54) is 32.1 Å². The monoisotopic (exact) mass is 254 g/mol. The Balaban J connectivity index is 1.66. The largest absolute Gasteiger partial charge is 0.376 e. The van der Waals surface area contributed by atoms with Gasteiger partial charge in [-0.25, -0.2) is 0 Å². The third-order valence-electron chi connectivity index (χ3n) is 4.01. The normalized spacial score (nSPS) is 26.3. The van der Waals surface area contributed by atoms with Crippen LogP contribution >= 0.6 is 0 Å². The lowest BCUT2D eigenvalue weighted by Gasteiger charge is -2.23. The van der Waals surface area contributed by atoms with Crippen molar-refractivity contribution >= 4 is 5.91 Å². The molecule has 1 atom stereocenters. The van der Waals surface area contributed by atoms with Gasteiger partial charge in [0.05, 0.1) is 25.4 Å². The molecule has 0 radical (unpaired) electrons. The quantitative estimate of drug-likeness (QED) is 0.812. The van der Waals surface area contributed by atoms with Gasteiger partial charge in [0, 0.05) is 6.54 Å². The maximum atomic E-state index is 12.0. The Bertz CT molecular complexity index is 275. The third kappa shape index (κ3) is 3.45. The number of nitrogens with one attached hydrogen (secondary N) is 1.